The molecule has 0 amide bonds. The molecule has 1 saturated heterocycles. The third-order valence-corrected chi connectivity index (χ3v) is 6.07. The monoisotopic (exact) mass is 466 g/mol. The van der Waals surface area contributed by atoms with Crippen LogP contribution < -0.4 is 16.4 Å². The lowest BCUT2D eigenvalue weighted by Gasteiger charge is -2.24. The minimum absolute atomic E-state index is 0.264. The summed E-state index contributed by atoms with van der Waals surface area (Å²) in [6.07, 6.45) is 3.90. The Morgan fingerprint density at radius 1 is 1.30 bits per heavy atom. The number of imidazole rings is 1. The predicted octanol–water partition coefficient (Wildman–Crippen LogP) is 4.60. The van der Waals surface area contributed by atoms with Gasteiger partial charge in [0.1, 0.15) is 29.0 Å². The quantitative estimate of drug-likeness (QED) is 0.424. The van der Waals surface area contributed by atoms with Crippen molar-refractivity contribution in [2.24, 2.45) is 10.9 Å². The lowest BCUT2D eigenvalue weighted by Crippen LogP contribution is -2.32. The van der Waals surface area contributed by atoms with Crippen molar-refractivity contribution in [3.63, 3.8) is 0 Å². The van der Waals surface area contributed by atoms with Crippen LogP contribution >= 0.6 is 11.6 Å². The Bertz CT molecular complexity index is 1130. The minimum atomic E-state index is -0.264. The summed E-state index contributed by atoms with van der Waals surface area (Å²) in [6, 6.07) is 13.9. The second-order valence-corrected chi connectivity index (χ2v) is 8.60. The van der Waals surface area contributed by atoms with E-state index in [9.17, 15) is 4.39 Å². The Hall–Kier alpha value is -3.16. The number of hydrogen-bond acceptors (Lipinski definition) is 5. The average Bonchev–Trinajstić information content (AvgIpc) is 3.13. The van der Waals surface area contributed by atoms with E-state index in [0.29, 0.717) is 34.8 Å². The molecule has 2 heterocycles. The molecule has 1 atom stereocenters. The highest BCUT2D eigenvalue weighted by molar-refractivity contribution is 6.33. The Morgan fingerprint density at radius 2 is 2.09 bits per heavy atom. The van der Waals surface area contributed by atoms with Crippen LogP contribution in [-0.2, 0) is 13.1 Å². The molecular formula is C25H28ClFN6. The fourth-order valence-corrected chi connectivity index (χ4v) is 4.16. The normalized spacial score (nSPS) is 16.2. The Labute approximate surface area is 198 Å². The van der Waals surface area contributed by atoms with Gasteiger partial charge in [-0.1, -0.05) is 42.4 Å². The van der Waals surface area contributed by atoms with Gasteiger partial charge >= 0.3 is 0 Å². The van der Waals surface area contributed by atoms with E-state index in [1.165, 1.54) is 12.1 Å². The van der Waals surface area contributed by atoms with E-state index in [-0.39, 0.29) is 5.82 Å². The van der Waals surface area contributed by atoms with Crippen LogP contribution in [0.5, 0.6) is 0 Å². The third kappa shape index (κ3) is 5.80. The summed E-state index contributed by atoms with van der Waals surface area (Å²) in [5.74, 6) is 1.94. The number of nitrogens with zero attached hydrogens (tertiary/aromatic N) is 3. The zero-order valence-electron chi connectivity index (χ0n) is 18.4. The molecule has 33 heavy (non-hydrogen) atoms. The topological polar surface area (TPSA) is 80.3 Å². The number of benzene rings is 2. The maximum Gasteiger partial charge on any atom is 0.143 e. The van der Waals surface area contributed by atoms with Gasteiger partial charge < -0.3 is 20.9 Å². The Morgan fingerprint density at radius 3 is 2.82 bits per heavy atom. The van der Waals surface area contributed by atoms with Crippen molar-refractivity contribution in [2.75, 3.05) is 18.8 Å². The molecule has 0 bridgehead atoms. The van der Waals surface area contributed by atoms with Crippen molar-refractivity contribution in [3.8, 4) is 11.4 Å². The van der Waals surface area contributed by atoms with Gasteiger partial charge in [-0.3, -0.25) is 0 Å². The van der Waals surface area contributed by atoms with Crippen LogP contribution in [0.1, 0.15) is 24.1 Å². The van der Waals surface area contributed by atoms with Gasteiger partial charge in [-0.05, 0) is 61.7 Å². The number of aliphatic imine (C=N–C) groups is 1. The van der Waals surface area contributed by atoms with Crippen molar-refractivity contribution in [1.29, 1.82) is 0 Å². The second-order valence-electron chi connectivity index (χ2n) is 8.19. The molecule has 1 aromatic heterocycles. The first kappa shape index (κ1) is 23.0. The first-order valence-electron chi connectivity index (χ1n) is 11.0. The number of anilines is 1. The number of piperidine rings is 1. The maximum atomic E-state index is 13.1. The highest BCUT2D eigenvalue weighted by Gasteiger charge is 2.21. The smallest absolute Gasteiger partial charge is 0.143 e. The largest absolute Gasteiger partial charge is 0.383 e. The van der Waals surface area contributed by atoms with Crippen LogP contribution in [0.25, 0.3) is 11.4 Å². The SMILES string of the molecule is C=C(/N=C\c1nc(-c2ccccc2Cl)n(C[C@@H]2CCCNC2)c1N)NCc1ccc(F)cc1. The summed E-state index contributed by atoms with van der Waals surface area (Å²) < 4.78 is 15.1. The zero-order valence-corrected chi connectivity index (χ0v) is 19.2. The number of nitrogen functional groups attached to an aromatic ring is 1. The van der Waals surface area contributed by atoms with E-state index in [2.05, 4.69) is 22.2 Å². The van der Waals surface area contributed by atoms with Gasteiger partial charge in [0.15, 0.2) is 0 Å². The highest BCUT2D eigenvalue weighted by Crippen LogP contribution is 2.31. The van der Waals surface area contributed by atoms with Gasteiger partial charge in [0.2, 0.25) is 0 Å². The molecule has 4 rings (SSSR count). The summed E-state index contributed by atoms with van der Waals surface area (Å²) in [7, 11) is 0. The summed E-state index contributed by atoms with van der Waals surface area (Å²) in [4.78, 5) is 9.18. The van der Waals surface area contributed by atoms with Crippen molar-refractivity contribution in [1.82, 2.24) is 20.2 Å². The Balaban J connectivity index is 1.54. The molecule has 2 aromatic carbocycles. The van der Waals surface area contributed by atoms with Crippen LogP contribution in [-0.4, -0.2) is 28.9 Å². The minimum Gasteiger partial charge on any atom is -0.383 e. The second kappa shape index (κ2) is 10.6. The number of hydrogen-bond donors (Lipinski definition) is 3. The van der Waals surface area contributed by atoms with E-state index < -0.39 is 0 Å². The fraction of sp³-hybridized carbons (Fsp3) is 0.280. The van der Waals surface area contributed by atoms with Crippen LogP contribution in [0.2, 0.25) is 5.02 Å². The predicted molar refractivity (Wildman–Crippen MR) is 133 cm³/mol. The number of halogens is 2. The van der Waals surface area contributed by atoms with Crippen molar-refractivity contribution in [3.05, 3.63) is 83.0 Å². The number of rotatable bonds is 8. The van der Waals surface area contributed by atoms with Crippen molar-refractivity contribution >= 4 is 23.6 Å². The van der Waals surface area contributed by atoms with Crippen LogP contribution in [0.15, 0.2) is 65.9 Å². The van der Waals surface area contributed by atoms with Gasteiger partial charge in [0, 0.05) is 18.7 Å². The molecule has 0 aliphatic carbocycles. The number of nitrogens with one attached hydrogen (secondary N) is 2. The lowest BCUT2D eigenvalue weighted by molar-refractivity contribution is 0.340. The van der Waals surface area contributed by atoms with Crippen LogP contribution in [0, 0.1) is 11.7 Å². The lowest BCUT2D eigenvalue weighted by atomic mass is 9.99. The fourth-order valence-electron chi connectivity index (χ4n) is 3.94. The van der Waals surface area contributed by atoms with E-state index >= 15 is 0 Å². The number of aromatic nitrogens is 2. The van der Waals surface area contributed by atoms with Gasteiger partial charge in [0.25, 0.3) is 0 Å². The molecular weight excluding hydrogens is 439 g/mol. The molecule has 8 heteroatoms. The molecule has 0 spiro atoms. The summed E-state index contributed by atoms with van der Waals surface area (Å²) >= 11 is 6.48. The molecule has 1 fully saturated rings. The molecule has 0 saturated carbocycles. The zero-order chi connectivity index (χ0) is 23.2. The molecule has 0 radical (unpaired) electrons. The van der Waals surface area contributed by atoms with E-state index in [4.69, 9.17) is 22.3 Å². The molecule has 0 unspecified atom stereocenters. The van der Waals surface area contributed by atoms with Crippen LogP contribution in [0.3, 0.4) is 0 Å². The standard InChI is InChI=1S/C25H28ClFN6/c1-17(30-14-18-8-10-20(27)11-9-18)31-15-23-24(28)33(16-19-5-4-12-29-13-19)25(32-23)21-6-2-3-7-22(21)26/h2-3,6-11,15,19,29-30H,1,4-5,12-14,16,28H2/b31-15-/t19-/m1/s1. The average molecular weight is 467 g/mol. The van der Waals surface area contributed by atoms with E-state index in [0.717, 1.165) is 49.4 Å². The van der Waals surface area contributed by atoms with E-state index in [1.54, 1.807) is 18.3 Å². The number of nitrogens with two attached hydrogens (primary N) is 1. The first-order chi connectivity index (χ1) is 16.0. The summed E-state index contributed by atoms with van der Waals surface area (Å²) in [5, 5.41) is 7.20. The van der Waals surface area contributed by atoms with Crippen molar-refractivity contribution in [2.45, 2.75) is 25.9 Å². The third-order valence-electron chi connectivity index (χ3n) is 5.74. The van der Waals surface area contributed by atoms with Gasteiger partial charge in [-0.2, -0.15) is 0 Å². The van der Waals surface area contributed by atoms with Gasteiger partial charge in [0.05, 0.1) is 11.2 Å². The van der Waals surface area contributed by atoms with Gasteiger partial charge in [-0.15, -0.1) is 0 Å². The Kier molecular flexibility index (Phi) is 7.42. The summed E-state index contributed by atoms with van der Waals surface area (Å²) in [5.41, 5.74) is 8.87. The molecule has 3 aromatic rings. The molecule has 1 aliphatic rings. The molecule has 4 N–H and O–H groups in total. The van der Waals surface area contributed by atoms with Crippen LogP contribution in [0.4, 0.5) is 10.2 Å². The molecule has 6 nitrogen and oxygen atoms in total. The summed E-state index contributed by atoms with van der Waals surface area (Å²) in [6.45, 7) is 7.18. The molecule has 172 valence electrons. The highest BCUT2D eigenvalue weighted by atomic mass is 35.5. The van der Waals surface area contributed by atoms with Crippen molar-refractivity contribution < 1.29 is 4.39 Å². The van der Waals surface area contributed by atoms with Gasteiger partial charge in [-0.25, -0.2) is 14.4 Å². The maximum absolute atomic E-state index is 13.1. The molecule has 1 aliphatic heterocycles. The first-order valence-corrected chi connectivity index (χ1v) is 11.4. The van der Waals surface area contributed by atoms with E-state index in [1.807, 2.05) is 28.8 Å².